The van der Waals surface area contributed by atoms with Crippen LogP contribution in [0.4, 0.5) is 15.8 Å². The molecule has 1 unspecified atom stereocenters. The molecule has 10 heteroatoms. The minimum Gasteiger partial charge on any atom is -0.394 e. The molecule has 6 nitrogen and oxygen atoms in total. The number of benzene rings is 1. The van der Waals surface area contributed by atoms with Crippen molar-refractivity contribution in [3.63, 3.8) is 0 Å². The van der Waals surface area contributed by atoms with E-state index in [1.807, 2.05) is 0 Å². The van der Waals surface area contributed by atoms with E-state index in [0.717, 1.165) is 6.21 Å². The number of rotatable bonds is 4. The van der Waals surface area contributed by atoms with Crippen LogP contribution in [0.25, 0.3) is 22.2 Å². The molecule has 0 aliphatic rings. The lowest BCUT2D eigenvalue weighted by molar-refractivity contribution is 0.629. The molecular weight excluding hydrogens is 479 g/mol. The largest absolute Gasteiger partial charge is 0.394 e. The van der Waals surface area contributed by atoms with Crippen molar-refractivity contribution in [2.45, 2.75) is 0 Å². The molecule has 0 radical (unpaired) electrons. The van der Waals surface area contributed by atoms with Crippen LogP contribution in [0, 0.1) is 11.2 Å². The van der Waals surface area contributed by atoms with Crippen LogP contribution in [0.5, 0.6) is 0 Å². The van der Waals surface area contributed by atoms with E-state index in [1.165, 1.54) is 18.3 Å². The van der Waals surface area contributed by atoms with E-state index in [4.69, 9.17) is 22.7 Å². The number of hydrogen-bond donors (Lipinski definition) is 4. The number of halogens is 3. The average molecular weight is 490 g/mol. The zero-order valence-corrected chi connectivity index (χ0v) is 16.4. The molecule has 0 bridgehead atoms. The fourth-order valence-electron chi connectivity index (χ4n) is 2.57. The molecule has 25 heavy (non-hydrogen) atoms. The van der Waals surface area contributed by atoms with Crippen molar-refractivity contribution in [2.75, 3.05) is 10.8 Å². The number of nitrogens with zero attached hydrogens (tertiary/aromatic N) is 1. The molecule has 0 spiro atoms. The Morgan fingerprint density at radius 2 is 2.20 bits per heavy atom. The molecule has 2 aromatic heterocycles. The number of nitrogens with one attached hydrogen (secondary N) is 3. The fourth-order valence-corrected chi connectivity index (χ4v) is 3.91. The second-order valence-electron chi connectivity index (χ2n) is 5.07. The Balaban J connectivity index is 2.46. The Bertz CT molecular complexity index is 1060. The van der Waals surface area contributed by atoms with Crippen molar-refractivity contribution in [3.05, 3.63) is 51.2 Å². The lowest BCUT2D eigenvalue weighted by atomic mass is 9.96. The fraction of sp³-hybridized carbons (Fsp3) is 0. The van der Waals surface area contributed by atoms with Gasteiger partial charge in [0.25, 0.3) is 5.56 Å². The molecule has 3 aromatic rings. The van der Waals surface area contributed by atoms with Crippen molar-refractivity contribution in [2.24, 2.45) is 0 Å². The van der Waals surface area contributed by atoms with Gasteiger partial charge in [-0.1, -0.05) is 11.6 Å². The number of hydrogen-bond acceptors (Lipinski definition) is 5. The SMILES string of the molecule is N=Cc1c(NPI)cc(F)cc1-c1c(N)c(=O)[nH]c2cc(Cl)cnc12. The topological polar surface area (TPSA) is 108 Å². The molecule has 2 heterocycles. The lowest BCUT2D eigenvalue weighted by Gasteiger charge is -2.15. The highest BCUT2D eigenvalue weighted by atomic mass is 127. The van der Waals surface area contributed by atoms with Gasteiger partial charge in [0.15, 0.2) is 0 Å². The predicted octanol–water partition coefficient (Wildman–Crippen LogP) is 4.32. The molecule has 5 N–H and O–H groups in total. The van der Waals surface area contributed by atoms with Crippen molar-refractivity contribution >= 4 is 68.6 Å². The third kappa shape index (κ3) is 3.33. The maximum absolute atomic E-state index is 14.2. The summed E-state index contributed by atoms with van der Waals surface area (Å²) in [6.45, 7) is 0. The molecule has 1 aromatic carbocycles. The molecule has 0 saturated carbocycles. The second kappa shape index (κ2) is 7.23. The van der Waals surface area contributed by atoms with E-state index in [2.05, 4.69) is 37.1 Å². The number of fused-ring (bicyclic) bond motifs is 1. The van der Waals surface area contributed by atoms with E-state index in [-0.39, 0.29) is 17.6 Å². The first-order chi connectivity index (χ1) is 12.0. The van der Waals surface area contributed by atoms with Crippen molar-refractivity contribution in [3.8, 4) is 11.1 Å². The van der Waals surface area contributed by atoms with Gasteiger partial charge in [0.2, 0.25) is 0 Å². The van der Waals surface area contributed by atoms with E-state index >= 15 is 0 Å². The first-order valence-corrected chi connectivity index (χ1v) is 11.4. The van der Waals surface area contributed by atoms with E-state index < -0.39 is 11.4 Å². The summed E-state index contributed by atoms with van der Waals surface area (Å²) < 4.78 is 14.2. The monoisotopic (exact) mass is 489 g/mol. The van der Waals surface area contributed by atoms with Crippen LogP contribution < -0.4 is 16.4 Å². The highest BCUT2D eigenvalue weighted by Crippen LogP contribution is 2.37. The van der Waals surface area contributed by atoms with E-state index in [0.29, 0.717) is 32.9 Å². The summed E-state index contributed by atoms with van der Waals surface area (Å²) in [5.41, 5.74) is 7.56. The maximum atomic E-state index is 14.2. The van der Waals surface area contributed by atoms with E-state index in [9.17, 15) is 9.18 Å². The van der Waals surface area contributed by atoms with Crippen LogP contribution in [0.3, 0.4) is 0 Å². The Morgan fingerprint density at radius 3 is 2.88 bits per heavy atom. The third-order valence-electron chi connectivity index (χ3n) is 3.59. The molecule has 0 amide bonds. The number of nitrogen functional groups attached to an aromatic ring is 1. The number of H-pyrrole nitrogens is 1. The maximum Gasteiger partial charge on any atom is 0.272 e. The number of pyridine rings is 2. The Morgan fingerprint density at radius 1 is 1.44 bits per heavy atom. The van der Waals surface area contributed by atoms with Gasteiger partial charge in [-0.25, -0.2) is 4.39 Å². The normalized spacial score (nSPS) is 11.3. The van der Waals surface area contributed by atoms with Gasteiger partial charge in [-0.3, -0.25) is 9.78 Å². The van der Waals surface area contributed by atoms with Crippen LogP contribution in [0.2, 0.25) is 5.02 Å². The lowest BCUT2D eigenvalue weighted by Crippen LogP contribution is -2.14. The predicted molar refractivity (Wildman–Crippen MR) is 111 cm³/mol. The Kier molecular flexibility index (Phi) is 5.21. The smallest absolute Gasteiger partial charge is 0.272 e. The first-order valence-electron chi connectivity index (χ1n) is 6.89. The molecule has 1 atom stereocenters. The number of aromatic nitrogens is 2. The van der Waals surface area contributed by atoms with Crippen LogP contribution in [0.15, 0.2) is 29.2 Å². The van der Waals surface area contributed by atoms with Crippen LogP contribution in [-0.4, -0.2) is 16.2 Å². The van der Waals surface area contributed by atoms with Gasteiger partial charge in [-0.05, 0) is 45.8 Å². The van der Waals surface area contributed by atoms with Crippen LogP contribution in [0.1, 0.15) is 5.56 Å². The van der Waals surface area contributed by atoms with Gasteiger partial charge in [-0.15, -0.1) is 0 Å². The number of nitrogens with two attached hydrogens (primary N) is 1. The highest BCUT2D eigenvalue weighted by Gasteiger charge is 2.19. The minimum absolute atomic E-state index is 0.0982. The molecule has 0 saturated heterocycles. The summed E-state index contributed by atoms with van der Waals surface area (Å²) in [6.07, 6.45) is 2.79. The summed E-state index contributed by atoms with van der Waals surface area (Å²) in [4.78, 5) is 19.1. The van der Waals surface area contributed by atoms with E-state index in [1.54, 1.807) is 6.07 Å². The summed E-state index contributed by atoms with van der Waals surface area (Å²) in [6, 6.07) is 4.08. The Hall–Kier alpha value is -1.77. The van der Waals surface area contributed by atoms with Crippen molar-refractivity contribution in [1.29, 1.82) is 5.41 Å². The Labute approximate surface area is 161 Å². The van der Waals surface area contributed by atoms with Gasteiger partial charge in [0.05, 0.1) is 21.7 Å². The second-order valence-corrected chi connectivity index (χ2v) is 7.56. The van der Waals surface area contributed by atoms with Gasteiger partial charge in [0.1, 0.15) is 11.5 Å². The molecule has 0 fully saturated rings. The summed E-state index contributed by atoms with van der Waals surface area (Å²) in [5, 5.41) is 11.1. The average Bonchev–Trinajstić information content (AvgIpc) is 2.56. The number of aromatic amines is 1. The third-order valence-corrected chi connectivity index (χ3v) is 4.97. The highest BCUT2D eigenvalue weighted by molar-refractivity contribution is 14.2. The summed E-state index contributed by atoms with van der Waals surface area (Å²) >= 11 is 8.04. The van der Waals surface area contributed by atoms with Gasteiger partial charge < -0.3 is 21.2 Å². The molecule has 0 aliphatic carbocycles. The number of anilines is 2. The minimum atomic E-state index is -0.531. The quantitative estimate of drug-likeness (QED) is 0.249. The van der Waals surface area contributed by atoms with Crippen molar-refractivity contribution in [1.82, 2.24) is 9.97 Å². The molecule has 0 aliphatic heterocycles. The first kappa shape index (κ1) is 18.0. The zero-order chi connectivity index (χ0) is 18.1. The van der Waals surface area contributed by atoms with Crippen molar-refractivity contribution < 1.29 is 4.39 Å². The van der Waals surface area contributed by atoms with Gasteiger partial charge in [-0.2, -0.15) is 0 Å². The molecular formula is C15H11ClFIN5OP. The van der Waals surface area contributed by atoms with Crippen LogP contribution in [-0.2, 0) is 0 Å². The van der Waals surface area contributed by atoms with Gasteiger partial charge in [0, 0.05) is 29.9 Å². The standard InChI is InChI=1S/C15H11ClFIN5OP/c16-6-1-11-14(21-5-6)12(13(20)15(24)22-11)8-2-7(17)3-10(23-25-18)9(8)4-19/h1-5,19,23,25H,20H2,(H,22,24). The molecule has 3 rings (SSSR count). The summed E-state index contributed by atoms with van der Waals surface area (Å²) in [5.74, 6) is -0.514. The summed E-state index contributed by atoms with van der Waals surface area (Å²) in [7, 11) is 0. The van der Waals surface area contributed by atoms with Gasteiger partial charge >= 0.3 is 0 Å². The zero-order valence-electron chi connectivity index (χ0n) is 12.5. The van der Waals surface area contributed by atoms with Crippen LogP contribution >= 0.6 is 40.0 Å². The molecule has 128 valence electrons.